The first-order valence-corrected chi connectivity index (χ1v) is 4.78. The van der Waals surface area contributed by atoms with Crippen molar-refractivity contribution in [1.82, 2.24) is 10.1 Å². The Hall–Kier alpha value is -2.19. The van der Waals surface area contributed by atoms with Gasteiger partial charge in [0.25, 0.3) is 0 Å². The van der Waals surface area contributed by atoms with Crippen molar-refractivity contribution in [2.24, 2.45) is 5.73 Å². The van der Waals surface area contributed by atoms with E-state index in [9.17, 15) is 0 Å². The summed E-state index contributed by atoms with van der Waals surface area (Å²) in [5, 5.41) is 3.81. The Balaban J connectivity index is 2.39. The topological polar surface area (TPSA) is 69.3 Å². The van der Waals surface area contributed by atoms with Gasteiger partial charge in [-0.25, -0.2) is 4.85 Å². The highest BCUT2D eigenvalue weighted by Gasteiger charge is 2.11. The standard InChI is InChI=1S/C11H10N4O/c1-7(12)11-14-10(15-16-11)8-4-3-5-9(6-8)13-2/h3-7H,12H2,1H3/t7-/m0/s1. The van der Waals surface area contributed by atoms with Crippen molar-refractivity contribution in [1.29, 1.82) is 0 Å². The van der Waals surface area contributed by atoms with Crippen LogP contribution in [0, 0.1) is 6.57 Å². The minimum atomic E-state index is -0.287. The van der Waals surface area contributed by atoms with Crippen LogP contribution >= 0.6 is 0 Å². The van der Waals surface area contributed by atoms with Gasteiger partial charge >= 0.3 is 0 Å². The molecule has 0 aliphatic rings. The van der Waals surface area contributed by atoms with Gasteiger partial charge in [0.05, 0.1) is 12.6 Å². The highest BCUT2D eigenvalue weighted by molar-refractivity contribution is 5.62. The van der Waals surface area contributed by atoms with Gasteiger partial charge in [-0.1, -0.05) is 23.4 Å². The third-order valence-corrected chi connectivity index (χ3v) is 2.06. The average molecular weight is 214 g/mol. The molecule has 16 heavy (non-hydrogen) atoms. The van der Waals surface area contributed by atoms with Gasteiger partial charge in [0, 0.05) is 5.56 Å². The number of benzene rings is 1. The fourth-order valence-corrected chi connectivity index (χ4v) is 1.25. The normalized spacial score (nSPS) is 12.1. The molecule has 5 heteroatoms. The Labute approximate surface area is 92.7 Å². The first-order valence-electron chi connectivity index (χ1n) is 4.78. The van der Waals surface area contributed by atoms with E-state index in [0.717, 1.165) is 5.56 Å². The van der Waals surface area contributed by atoms with E-state index in [4.69, 9.17) is 16.8 Å². The van der Waals surface area contributed by atoms with Crippen molar-refractivity contribution >= 4 is 5.69 Å². The molecule has 0 aliphatic heterocycles. The van der Waals surface area contributed by atoms with Gasteiger partial charge in [-0.15, -0.1) is 0 Å². The van der Waals surface area contributed by atoms with Crippen LogP contribution in [0.2, 0.25) is 0 Å². The largest absolute Gasteiger partial charge is 0.337 e. The zero-order valence-corrected chi connectivity index (χ0v) is 8.71. The van der Waals surface area contributed by atoms with Gasteiger partial charge in [0.2, 0.25) is 11.7 Å². The van der Waals surface area contributed by atoms with Gasteiger partial charge in [-0.3, -0.25) is 0 Å². The van der Waals surface area contributed by atoms with Crippen molar-refractivity contribution < 1.29 is 4.52 Å². The van der Waals surface area contributed by atoms with Crippen LogP contribution in [0.3, 0.4) is 0 Å². The van der Waals surface area contributed by atoms with Crippen molar-refractivity contribution in [3.05, 3.63) is 41.6 Å². The second-order valence-corrected chi connectivity index (χ2v) is 3.41. The van der Waals surface area contributed by atoms with Crippen molar-refractivity contribution in [2.45, 2.75) is 13.0 Å². The summed E-state index contributed by atoms with van der Waals surface area (Å²) in [6, 6.07) is 6.76. The molecular weight excluding hydrogens is 204 g/mol. The van der Waals surface area contributed by atoms with Crippen LogP contribution in [0.25, 0.3) is 16.2 Å². The van der Waals surface area contributed by atoms with E-state index in [1.54, 1.807) is 25.1 Å². The van der Waals surface area contributed by atoms with E-state index < -0.39 is 0 Å². The van der Waals surface area contributed by atoms with Crippen LogP contribution < -0.4 is 5.73 Å². The van der Waals surface area contributed by atoms with Gasteiger partial charge in [-0.05, 0) is 13.0 Å². The molecule has 0 radical (unpaired) electrons. The number of nitrogens with two attached hydrogens (primary N) is 1. The minimum absolute atomic E-state index is 0.287. The van der Waals surface area contributed by atoms with Gasteiger partial charge in [0.15, 0.2) is 5.69 Å². The predicted molar refractivity (Wildman–Crippen MR) is 58.6 cm³/mol. The Morgan fingerprint density at radius 3 is 2.94 bits per heavy atom. The van der Waals surface area contributed by atoms with Crippen LogP contribution in [-0.2, 0) is 0 Å². The van der Waals surface area contributed by atoms with Crippen LogP contribution in [0.5, 0.6) is 0 Å². The molecule has 0 fully saturated rings. The molecule has 0 bridgehead atoms. The molecule has 1 heterocycles. The molecule has 0 saturated heterocycles. The fourth-order valence-electron chi connectivity index (χ4n) is 1.25. The number of rotatable bonds is 2. The van der Waals surface area contributed by atoms with E-state index in [1.807, 2.05) is 6.07 Å². The maximum absolute atomic E-state index is 6.92. The van der Waals surface area contributed by atoms with Crippen LogP contribution in [0.4, 0.5) is 5.69 Å². The Kier molecular flexibility index (Phi) is 2.66. The van der Waals surface area contributed by atoms with Crippen LogP contribution in [-0.4, -0.2) is 10.1 Å². The molecule has 0 aliphatic carbocycles. The number of hydrogen-bond donors (Lipinski definition) is 1. The molecule has 2 rings (SSSR count). The minimum Gasteiger partial charge on any atom is -0.337 e. The molecule has 1 aromatic carbocycles. The lowest BCUT2D eigenvalue weighted by atomic mass is 10.2. The summed E-state index contributed by atoms with van der Waals surface area (Å²) in [4.78, 5) is 7.49. The molecule has 0 amide bonds. The van der Waals surface area contributed by atoms with E-state index in [-0.39, 0.29) is 6.04 Å². The zero-order chi connectivity index (χ0) is 11.5. The maximum Gasteiger partial charge on any atom is 0.243 e. The fraction of sp³-hybridized carbons (Fsp3) is 0.182. The molecule has 0 unspecified atom stereocenters. The monoisotopic (exact) mass is 214 g/mol. The summed E-state index contributed by atoms with van der Waals surface area (Å²) >= 11 is 0. The quantitative estimate of drug-likeness (QED) is 0.779. The van der Waals surface area contributed by atoms with E-state index in [1.165, 1.54) is 0 Å². The summed E-state index contributed by atoms with van der Waals surface area (Å²) in [5.41, 5.74) is 6.92. The number of hydrogen-bond acceptors (Lipinski definition) is 4. The summed E-state index contributed by atoms with van der Waals surface area (Å²) in [6.45, 7) is 8.69. The van der Waals surface area contributed by atoms with E-state index >= 15 is 0 Å². The van der Waals surface area contributed by atoms with E-state index in [2.05, 4.69) is 15.0 Å². The predicted octanol–water partition coefficient (Wildman–Crippen LogP) is 2.31. The molecule has 0 saturated carbocycles. The SMILES string of the molecule is [C-]#[N+]c1cccc(-c2noc([C@H](C)N)n2)c1. The summed E-state index contributed by atoms with van der Waals surface area (Å²) in [7, 11) is 0. The van der Waals surface area contributed by atoms with E-state index in [0.29, 0.717) is 17.4 Å². The number of nitrogens with zero attached hydrogens (tertiary/aromatic N) is 3. The van der Waals surface area contributed by atoms with Gasteiger partial charge < -0.3 is 10.3 Å². The lowest BCUT2D eigenvalue weighted by Gasteiger charge is -1.95. The molecule has 2 aromatic rings. The van der Waals surface area contributed by atoms with Crippen molar-refractivity contribution in [3.63, 3.8) is 0 Å². The van der Waals surface area contributed by atoms with Crippen molar-refractivity contribution in [3.8, 4) is 11.4 Å². The highest BCUT2D eigenvalue weighted by Crippen LogP contribution is 2.22. The first kappa shape index (κ1) is 10.3. The van der Waals surface area contributed by atoms with Gasteiger partial charge in [-0.2, -0.15) is 4.98 Å². The van der Waals surface area contributed by atoms with Crippen LogP contribution in [0.15, 0.2) is 28.8 Å². The average Bonchev–Trinajstić information content (AvgIpc) is 2.78. The zero-order valence-electron chi connectivity index (χ0n) is 8.71. The third kappa shape index (κ3) is 1.92. The molecule has 80 valence electrons. The summed E-state index contributed by atoms with van der Waals surface area (Å²) < 4.78 is 4.99. The third-order valence-electron chi connectivity index (χ3n) is 2.06. The maximum atomic E-state index is 6.92. The smallest absolute Gasteiger partial charge is 0.243 e. The molecule has 1 aromatic heterocycles. The highest BCUT2D eigenvalue weighted by atomic mass is 16.5. The Morgan fingerprint density at radius 1 is 1.50 bits per heavy atom. The Morgan fingerprint density at radius 2 is 2.31 bits per heavy atom. The molecule has 2 N–H and O–H groups in total. The molecular formula is C11H10N4O. The number of aromatic nitrogens is 2. The van der Waals surface area contributed by atoms with Gasteiger partial charge in [0.1, 0.15) is 0 Å². The van der Waals surface area contributed by atoms with Crippen molar-refractivity contribution in [2.75, 3.05) is 0 Å². The summed E-state index contributed by atoms with van der Waals surface area (Å²) in [5.74, 6) is 0.848. The molecule has 5 nitrogen and oxygen atoms in total. The second-order valence-electron chi connectivity index (χ2n) is 3.41. The Bertz CT molecular complexity index is 539. The molecule has 0 spiro atoms. The lowest BCUT2D eigenvalue weighted by molar-refractivity contribution is 0.362. The van der Waals surface area contributed by atoms with Crippen LogP contribution in [0.1, 0.15) is 18.9 Å². The first-order chi connectivity index (χ1) is 7.70. The molecule has 1 atom stereocenters. The lowest BCUT2D eigenvalue weighted by Crippen LogP contribution is -2.04. The second kappa shape index (κ2) is 4.13. The summed E-state index contributed by atoms with van der Waals surface area (Å²) in [6.07, 6.45) is 0.